The highest BCUT2D eigenvalue weighted by molar-refractivity contribution is 5.94. The Bertz CT molecular complexity index is 968. The predicted molar refractivity (Wildman–Crippen MR) is 103 cm³/mol. The van der Waals surface area contributed by atoms with E-state index in [1.54, 1.807) is 12.3 Å². The number of aryl methyl sites for hydroxylation is 1. The third-order valence-corrected chi connectivity index (χ3v) is 4.78. The zero-order valence-corrected chi connectivity index (χ0v) is 14.8. The number of carbonyl (C=O) groups is 1. The molecule has 1 aromatic carbocycles. The fourth-order valence-corrected chi connectivity index (χ4v) is 3.29. The number of pyridine rings is 1. The van der Waals surface area contributed by atoms with Gasteiger partial charge in [-0.3, -0.25) is 9.78 Å². The highest BCUT2D eigenvalue weighted by atomic mass is 16.5. The molecule has 132 valence electrons. The predicted octanol–water partition coefficient (Wildman–Crippen LogP) is 3.11. The van der Waals surface area contributed by atoms with Crippen LogP contribution in [0.2, 0.25) is 0 Å². The van der Waals surface area contributed by atoms with Gasteiger partial charge in [-0.05, 0) is 41.5 Å². The summed E-state index contributed by atoms with van der Waals surface area (Å²) in [4.78, 5) is 18.5. The van der Waals surface area contributed by atoms with E-state index in [4.69, 9.17) is 4.74 Å². The Kier molecular flexibility index (Phi) is 4.54. The van der Waals surface area contributed by atoms with Crippen LogP contribution in [0.5, 0.6) is 0 Å². The number of hydrogen-bond donors (Lipinski definition) is 0. The number of carbonyl (C=O) groups excluding carboxylic acids is 1. The summed E-state index contributed by atoms with van der Waals surface area (Å²) < 4.78 is 7.40. The number of nitrogens with zero attached hydrogens (tertiary/aromatic N) is 3. The van der Waals surface area contributed by atoms with Gasteiger partial charge in [0.15, 0.2) is 0 Å². The molecule has 0 bridgehead atoms. The van der Waals surface area contributed by atoms with Crippen molar-refractivity contribution in [1.29, 1.82) is 0 Å². The van der Waals surface area contributed by atoms with Gasteiger partial charge in [-0.1, -0.05) is 6.07 Å². The van der Waals surface area contributed by atoms with Crippen molar-refractivity contribution in [2.75, 3.05) is 26.3 Å². The zero-order valence-electron chi connectivity index (χ0n) is 14.8. The number of morpholine rings is 1. The maximum atomic E-state index is 12.4. The second kappa shape index (κ2) is 7.14. The van der Waals surface area contributed by atoms with Crippen LogP contribution in [-0.2, 0) is 16.6 Å². The van der Waals surface area contributed by atoms with Gasteiger partial charge < -0.3 is 14.2 Å². The van der Waals surface area contributed by atoms with Gasteiger partial charge in [-0.2, -0.15) is 0 Å². The first-order valence-electron chi connectivity index (χ1n) is 8.76. The maximum absolute atomic E-state index is 12.4. The van der Waals surface area contributed by atoms with Crippen LogP contribution in [0, 0.1) is 0 Å². The van der Waals surface area contributed by atoms with Crippen LogP contribution in [0.4, 0.5) is 0 Å². The largest absolute Gasteiger partial charge is 0.378 e. The lowest BCUT2D eigenvalue weighted by Gasteiger charge is -2.25. The zero-order chi connectivity index (χ0) is 17.9. The molecule has 1 fully saturated rings. The molecule has 1 aliphatic heterocycles. The van der Waals surface area contributed by atoms with Crippen LogP contribution in [0.3, 0.4) is 0 Å². The lowest BCUT2D eigenvalue weighted by Crippen LogP contribution is -2.39. The van der Waals surface area contributed by atoms with Crippen LogP contribution in [0.1, 0.15) is 5.56 Å². The van der Waals surface area contributed by atoms with Gasteiger partial charge in [-0.15, -0.1) is 0 Å². The quantitative estimate of drug-likeness (QED) is 0.684. The van der Waals surface area contributed by atoms with Crippen LogP contribution in [-0.4, -0.2) is 46.7 Å². The Hall–Kier alpha value is -2.92. The summed E-state index contributed by atoms with van der Waals surface area (Å²) >= 11 is 0. The first kappa shape index (κ1) is 16.5. The molecule has 5 heteroatoms. The topological polar surface area (TPSA) is 47.4 Å². The lowest BCUT2D eigenvalue weighted by molar-refractivity contribution is -0.129. The fraction of sp³-hybridized carbons (Fsp3) is 0.238. The van der Waals surface area contributed by atoms with Crippen LogP contribution >= 0.6 is 0 Å². The van der Waals surface area contributed by atoms with Crippen LogP contribution in [0.25, 0.3) is 28.1 Å². The molecule has 0 N–H and O–H groups in total. The summed E-state index contributed by atoms with van der Waals surface area (Å²) in [6.07, 6.45) is 9.18. The summed E-state index contributed by atoms with van der Waals surface area (Å²) in [6, 6.07) is 10.4. The fourth-order valence-electron chi connectivity index (χ4n) is 3.29. The summed E-state index contributed by atoms with van der Waals surface area (Å²) in [5.74, 6) is 0.0228. The number of aromatic nitrogens is 2. The minimum absolute atomic E-state index is 0.0228. The van der Waals surface area contributed by atoms with E-state index in [-0.39, 0.29) is 5.91 Å². The van der Waals surface area contributed by atoms with E-state index < -0.39 is 0 Å². The number of hydrogen-bond acceptors (Lipinski definition) is 3. The summed E-state index contributed by atoms with van der Waals surface area (Å²) in [6.45, 7) is 2.52. The van der Waals surface area contributed by atoms with Crippen LogP contribution < -0.4 is 0 Å². The van der Waals surface area contributed by atoms with E-state index in [1.165, 1.54) is 10.9 Å². The Morgan fingerprint density at radius 3 is 2.88 bits per heavy atom. The second-order valence-corrected chi connectivity index (χ2v) is 6.43. The normalized spacial score (nSPS) is 15.0. The molecule has 2 aromatic heterocycles. The van der Waals surface area contributed by atoms with Crippen molar-refractivity contribution in [3.8, 4) is 11.1 Å². The molecular weight excluding hydrogens is 326 g/mol. The van der Waals surface area contributed by atoms with E-state index in [2.05, 4.69) is 40.0 Å². The highest BCUT2D eigenvalue weighted by Crippen LogP contribution is 2.27. The molecule has 1 saturated heterocycles. The van der Waals surface area contributed by atoms with Crippen molar-refractivity contribution in [3.05, 3.63) is 60.6 Å². The van der Waals surface area contributed by atoms with Gasteiger partial charge in [-0.25, -0.2) is 0 Å². The Balaban J connectivity index is 1.63. The second-order valence-electron chi connectivity index (χ2n) is 6.43. The van der Waals surface area contributed by atoms with Gasteiger partial charge in [0.1, 0.15) is 0 Å². The van der Waals surface area contributed by atoms with Gasteiger partial charge in [0.2, 0.25) is 5.91 Å². The number of benzene rings is 1. The van der Waals surface area contributed by atoms with Crippen molar-refractivity contribution in [2.45, 2.75) is 0 Å². The standard InChI is InChI=1S/C21H21N3O2/c1-23-9-7-18-14-17(2-4-20(18)23)19-15-22-8-6-16(19)3-5-21(25)24-10-12-26-13-11-24/h2-9,14-15H,10-13H2,1H3/b5-3+. The molecule has 1 aliphatic rings. The summed E-state index contributed by atoms with van der Waals surface area (Å²) in [5, 5.41) is 1.19. The highest BCUT2D eigenvalue weighted by Gasteiger charge is 2.14. The average molecular weight is 347 g/mol. The SMILES string of the molecule is Cn1ccc2cc(-c3cnccc3/C=C/C(=O)N3CCOCC3)ccc21. The minimum atomic E-state index is 0.0228. The van der Waals surface area contributed by atoms with Gasteiger partial charge in [0.25, 0.3) is 0 Å². The number of rotatable bonds is 3. The smallest absolute Gasteiger partial charge is 0.246 e. The average Bonchev–Trinajstić information content (AvgIpc) is 3.07. The van der Waals surface area contributed by atoms with Gasteiger partial charge in [0, 0.05) is 61.3 Å². The third-order valence-electron chi connectivity index (χ3n) is 4.78. The van der Waals surface area contributed by atoms with E-state index in [9.17, 15) is 4.79 Å². The van der Waals surface area contributed by atoms with E-state index in [0.29, 0.717) is 26.3 Å². The minimum Gasteiger partial charge on any atom is -0.378 e. The number of ether oxygens (including phenoxy) is 1. The molecular formula is C21H21N3O2. The maximum Gasteiger partial charge on any atom is 0.246 e. The molecule has 0 atom stereocenters. The first-order chi connectivity index (χ1) is 12.7. The molecule has 0 aliphatic carbocycles. The molecule has 3 aromatic rings. The van der Waals surface area contributed by atoms with Crippen molar-refractivity contribution in [2.24, 2.45) is 7.05 Å². The molecule has 0 unspecified atom stereocenters. The van der Waals surface area contributed by atoms with Crippen molar-refractivity contribution < 1.29 is 9.53 Å². The molecule has 4 rings (SSSR count). The molecule has 0 spiro atoms. The number of amides is 1. The molecule has 3 heterocycles. The molecule has 1 amide bonds. The summed E-state index contributed by atoms with van der Waals surface area (Å²) in [7, 11) is 2.04. The molecule has 5 nitrogen and oxygen atoms in total. The monoisotopic (exact) mass is 347 g/mol. The third kappa shape index (κ3) is 3.26. The Morgan fingerprint density at radius 2 is 2.04 bits per heavy atom. The first-order valence-corrected chi connectivity index (χ1v) is 8.76. The molecule has 0 radical (unpaired) electrons. The van der Waals surface area contributed by atoms with Crippen molar-refractivity contribution in [3.63, 3.8) is 0 Å². The van der Waals surface area contributed by atoms with E-state index in [1.807, 2.05) is 30.3 Å². The van der Waals surface area contributed by atoms with Crippen molar-refractivity contribution >= 4 is 22.9 Å². The van der Waals surface area contributed by atoms with Gasteiger partial charge in [0.05, 0.1) is 13.2 Å². The van der Waals surface area contributed by atoms with E-state index >= 15 is 0 Å². The molecule has 0 saturated carbocycles. The van der Waals surface area contributed by atoms with Gasteiger partial charge >= 0.3 is 0 Å². The Labute approximate surface area is 152 Å². The van der Waals surface area contributed by atoms with E-state index in [0.717, 1.165) is 16.7 Å². The Morgan fingerprint density at radius 1 is 1.19 bits per heavy atom. The van der Waals surface area contributed by atoms with Crippen LogP contribution in [0.15, 0.2) is 55.0 Å². The lowest BCUT2D eigenvalue weighted by atomic mass is 10.0. The van der Waals surface area contributed by atoms with Crippen molar-refractivity contribution in [1.82, 2.24) is 14.5 Å². The summed E-state index contributed by atoms with van der Waals surface area (Å²) in [5.41, 5.74) is 4.29. The molecule has 26 heavy (non-hydrogen) atoms. The number of fused-ring (bicyclic) bond motifs is 1.